The fourth-order valence-electron chi connectivity index (χ4n) is 17.2. The number of piperidine rings is 1. The van der Waals surface area contributed by atoms with Gasteiger partial charge in [0.2, 0.25) is 11.7 Å². The van der Waals surface area contributed by atoms with Crippen molar-refractivity contribution >= 4 is 69.0 Å². The SMILES string of the molecule is CO[C@H]1C[C@@H]2CC[C@@H](C)[C@@](O)(O2)C(=O)C(=O)N2CCCC[C@H]2C(=O)O[C@H]([C@H](C)C[C@@H]2CC[C@@H](OC(=O)CCCOCCOCCOCCOCCOCCOCCOCCOCCC(=O)N3CCc4cc(Cn5nc(-c6cnc7[nH]ccc7c6)c6c(N)ncnc65)ccc4C3)[C@H](OC)C2)CC(=O)[C@H](C)/C=C(\C)[C@@H](O)[C@@H](OC)C(=O)[C@H](C)C[C@H](C)/C=C/C=C/C=C/1C. The first kappa shape index (κ1) is 99.7. The Morgan fingerprint density at radius 1 is 0.706 bits per heavy atom. The number of esters is 2. The maximum atomic E-state index is 14.8. The van der Waals surface area contributed by atoms with Crippen molar-refractivity contribution in [3.63, 3.8) is 0 Å². The average molecular weight is 1760 g/mol. The Labute approximate surface area is 740 Å². The molecule has 694 valence electrons. The topological polar surface area (TPSA) is 394 Å². The summed E-state index contributed by atoms with van der Waals surface area (Å²) in [7, 11) is 4.51. The van der Waals surface area contributed by atoms with Crippen molar-refractivity contribution in [1.82, 2.24) is 39.5 Å². The lowest BCUT2D eigenvalue weighted by Crippen LogP contribution is -2.61. The van der Waals surface area contributed by atoms with E-state index in [4.69, 9.17) is 77.1 Å². The van der Waals surface area contributed by atoms with Crippen LogP contribution in [-0.2, 0) is 119 Å². The number of hydrogen-bond acceptors (Lipinski definition) is 28. The molecule has 8 heterocycles. The number of allylic oxidation sites excluding steroid dienone is 6. The predicted molar refractivity (Wildman–Crippen MR) is 469 cm³/mol. The molecule has 5 aliphatic rings. The van der Waals surface area contributed by atoms with Gasteiger partial charge in [-0.25, -0.2) is 24.4 Å². The molecule has 2 saturated heterocycles. The van der Waals surface area contributed by atoms with Crippen LogP contribution >= 0.6 is 0 Å². The van der Waals surface area contributed by atoms with Gasteiger partial charge in [0.05, 0.1) is 136 Å². The van der Waals surface area contributed by atoms with E-state index < -0.39 is 95.9 Å². The van der Waals surface area contributed by atoms with Gasteiger partial charge in [-0.15, -0.1) is 0 Å². The van der Waals surface area contributed by atoms with E-state index in [1.165, 1.54) is 23.9 Å². The van der Waals surface area contributed by atoms with Crippen LogP contribution in [0.1, 0.15) is 161 Å². The normalized spacial score (nSPS) is 27.1. The highest BCUT2D eigenvalue weighted by molar-refractivity contribution is 6.39. The predicted octanol–water partition coefficient (Wildman–Crippen LogP) is 9.93. The number of fused-ring (bicyclic) bond motifs is 6. The molecule has 2 amide bonds. The highest BCUT2D eigenvalue weighted by Crippen LogP contribution is 2.40. The van der Waals surface area contributed by atoms with Gasteiger partial charge < -0.3 is 97.0 Å². The van der Waals surface area contributed by atoms with Crippen LogP contribution in [0.2, 0.25) is 0 Å². The molecule has 0 spiro atoms. The summed E-state index contributed by atoms with van der Waals surface area (Å²) < 4.78 is 83.2. The van der Waals surface area contributed by atoms with Crippen LogP contribution in [0.4, 0.5) is 5.82 Å². The van der Waals surface area contributed by atoms with Crippen LogP contribution in [0.25, 0.3) is 33.3 Å². The molecule has 5 aromatic rings. The number of cyclic esters (lactones) is 1. The fourth-order valence-corrected chi connectivity index (χ4v) is 17.2. The molecule has 4 aromatic heterocycles. The largest absolute Gasteiger partial charge is 0.460 e. The average Bonchev–Trinajstić information content (AvgIpc) is 1.49. The molecule has 5 N–H and O–H groups in total. The number of methoxy groups -OCH3 is 3. The summed E-state index contributed by atoms with van der Waals surface area (Å²) in [6.07, 6.45) is 16.9. The quantitative estimate of drug-likeness (QED) is 0.0123. The summed E-state index contributed by atoms with van der Waals surface area (Å²) >= 11 is 0. The lowest BCUT2D eigenvalue weighted by Gasteiger charge is -2.42. The summed E-state index contributed by atoms with van der Waals surface area (Å²) in [5.74, 6) is -8.55. The number of nitrogens with two attached hydrogens (primary N) is 1. The zero-order chi connectivity index (χ0) is 90.1. The number of nitrogens with one attached hydrogen (secondary N) is 1. The molecule has 0 unspecified atom stereocenters. The monoisotopic (exact) mass is 1760 g/mol. The Balaban J connectivity index is 0.553. The number of Topliss-reactive ketones (excluding diaryl/α,β-unsaturated/α-hetero) is 3. The second kappa shape index (κ2) is 51.1. The number of benzene rings is 1. The van der Waals surface area contributed by atoms with E-state index in [0.717, 1.165) is 39.7 Å². The van der Waals surface area contributed by atoms with Crippen molar-refractivity contribution in [2.45, 2.75) is 219 Å². The second-order valence-corrected chi connectivity index (χ2v) is 34.1. The minimum atomic E-state index is -2.48. The minimum absolute atomic E-state index is 0.00321. The number of aromatic amines is 1. The highest BCUT2D eigenvalue weighted by Gasteiger charge is 2.53. The van der Waals surface area contributed by atoms with Crippen molar-refractivity contribution in [3.8, 4) is 11.3 Å². The van der Waals surface area contributed by atoms with Gasteiger partial charge >= 0.3 is 11.9 Å². The number of nitrogens with zero attached hydrogens (tertiary/aromatic N) is 7. The minimum Gasteiger partial charge on any atom is -0.460 e. The number of ether oxygens (including phenoxy) is 14. The van der Waals surface area contributed by atoms with Crippen LogP contribution < -0.4 is 5.73 Å². The Bertz CT molecular complexity index is 4450. The molecule has 32 nitrogen and oxygen atoms in total. The number of aliphatic hydroxyl groups is 2. The molecule has 1 aromatic carbocycles. The van der Waals surface area contributed by atoms with Gasteiger partial charge in [-0.3, -0.25) is 28.8 Å². The number of carbonyl (C=O) groups is 7. The lowest BCUT2D eigenvalue weighted by atomic mass is 9.78. The van der Waals surface area contributed by atoms with Gasteiger partial charge in [-0.1, -0.05) is 89.3 Å². The van der Waals surface area contributed by atoms with Crippen molar-refractivity contribution in [2.24, 2.45) is 35.5 Å². The first-order chi connectivity index (χ1) is 60.9. The molecule has 1 saturated carbocycles. The number of nitrogen functional groups attached to an aromatic ring is 1. The van der Waals surface area contributed by atoms with Crippen LogP contribution in [0.5, 0.6) is 0 Å². The Kier molecular flexibility index (Phi) is 40.4. The third-order valence-electron chi connectivity index (χ3n) is 24.7. The summed E-state index contributed by atoms with van der Waals surface area (Å²) in [6.45, 7) is 20.4. The Morgan fingerprint density at radius 3 is 2.06 bits per heavy atom. The zero-order valence-corrected chi connectivity index (χ0v) is 75.3. The first-order valence-corrected chi connectivity index (χ1v) is 45.0. The standard InChI is InChI=1S/C94H135N9O23/c1-61-17-12-11-13-18-62(2)78(113-8)55-74-25-21-67(7)94(112,126-74)88(109)92(110)102-31-15-14-19-75(102)93(111)125-79(56-76(104)63(3)50-66(6)86(108)87(115-10)85(107)65(5)49-61)64(4)51-68-23-26-77(80(53-68)114-9)124-82(106)20-16-33-116-35-37-118-39-41-120-43-45-122-47-48-123-46-44-121-42-40-119-38-36-117-34-29-81(105)101-32-28-70-52-69(22-24-72(70)59-101)58-103-91-83(89(95)98-60-99-91)84(100-103)73-54-71-27-30-96-90(71)97-57-73/h11-13,17-18,22,24,27,30,50,52,54,57,60-61,63-65,67-68,74-75,77-80,86-87,108,112H,14-16,19-21,23,25-26,28-29,31-49,51,53,55-56,58-59H2,1-10H3,(H,96,97)(H2,95,98,99)/b13-11+,17-12+,62-18+,66-50+/t61-,63-,64-,65-,67-,68+,74+,75+,77-,78+,79+,80-,86-,87+,94-/m1/s1. The number of hydrogen-bond donors (Lipinski definition) is 4. The van der Waals surface area contributed by atoms with E-state index >= 15 is 0 Å². The molecular formula is C94H135N9O23. The molecule has 4 aliphatic heterocycles. The lowest BCUT2D eigenvalue weighted by molar-refractivity contribution is -0.265. The molecule has 1 aliphatic carbocycles. The number of ketones is 3. The Morgan fingerprint density at radius 2 is 1.39 bits per heavy atom. The summed E-state index contributed by atoms with van der Waals surface area (Å²) in [4.78, 5) is 118. The van der Waals surface area contributed by atoms with Crippen molar-refractivity contribution in [3.05, 3.63) is 113 Å². The van der Waals surface area contributed by atoms with E-state index in [0.29, 0.717) is 218 Å². The number of aliphatic hydroxyl groups excluding tert-OH is 1. The molecule has 15 atom stereocenters. The van der Waals surface area contributed by atoms with Crippen LogP contribution in [0, 0.1) is 35.5 Å². The van der Waals surface area contributed by atoms with E-state index in [9.17, 15) is 43.8 Å². The third-order valence-corrected chi connectivity index (χ3v) is 24.7. The molecule has 126 heavy (non-hydrogen) atoms. The molecule has 32 heteroatoms. The van der Waals surface area contributed by atoms with Crippen molar-refractivity contribution in [2.75, 3.05) is 146 Å². The number of H-pyrrole nitrogens is 1. The zero-order valence-electron chi connectivity index (χ0n) is 75.3. The number of anilines is 1. The molecular weight excluding hydrogens is 1620 g/mol. The van der Waals surface area contributed by atoms with E-state index in [-0.39, 0.29) is 73.9 Å². The maximum absolute atomic E-state index is 14.8. The van der Waals surface area contributed by atoms with E-state index in [1.807, 2.05) is 79.1 Å². The number of aromatic nitrogens is 6. The molecule has 2 bridgehead atoms. The van der Waals surface area contributed by atoms with Gasteiger partial charge in [0.15, 0.2) is 11.4 Å². The second-order valence-electron chi connectivity index (χ2n) is 34.1. The van der Waals surface area contributed by atoms with Gasteiger partial charge in [0.25, 0.3) is 11.7 Å². The van der Waals surface area contributed by atoms with Gasteiger partial charge in [0, 0.05) is 108 Å². The Hall–Kier alpha value is -8.45. The van der Waals surface area contributed by atoms with Gasteiger partial charge in [-0.2, -0.15) is 5.10 Å². The fraction of sp³-hybridized carbons (Fsp3) is 0.649. The molecule has 10 rings (SSSR count). The number of amides is 2. The van der Waals surface area contributed by atoms with Crippen LogP contribution in [0.3, 0.4) is 0 Å². The number of carbonyl (C=O) groups excluding carboxylic acids is 7. The molecule has 0 radical (unpaired) electrons. The van der Waals surface area contributed by atoms with Crippen molar-refractivity contribution in [1.29, 1.82) is 0 Å². The summed E-state index contributed by atoms with van der Waals surface area (Å²) in [5, 5.41) is 30.4. The van der Waals surface area contributed by atoms with E-state index in [1.54, 1.807) is 54.2 Å². The van der Waals surface area contributed by atoms with Crippen LogP contribution in [-0.4, -0.2) is 286 Å². The smallest absolute Gasteiger partial charge is 0.329 e. The summed E-state index contributed by atoms with van der Waals surface area (Å²) in [6, 6.07) is 9.14. The first-order valence-electron chi connectivity index (χ1n) is 45.0. The number of rotatable bonds is 38. The third kappa shape index (κ3) is 29.0. The summed E-state index contributed by atoms with van der Waals surface area (Å²) in [5.41, 5.74) is 13.9. The number of pyridine rings is 1. The maximum Gasteiger partial charge on any atom is 0.329 e. The van der Waals surface area contributed by atoms with Crippen molar-refractivity contribution < 1.29 is 110 Å². The van der Waals surface area contributed by atoms with Crippen LogP contribution in [0.15, 0.2) is 96.7 Å². The van der Waals surface area contributed by atoms with Gasteiger partial charge in [-0.05, 0) is 149 Å². The van der Waals surface area contributed by atoms with Gasteiger partial charge in [0.1, 0.15) is 59.7 Å². The highest BCUT2D eigenvalue weighted by atomic mass is 16.6. The molecule has 3 fully saturated rings. The van der Waals surface area contributed by atoms with E-state index in [2.05, 4.69) is 38.1 Å².